The number of carbonyl (C=O) groups is 1. The molecular formula is C13H17N3OS. The molecule has 3 N–H and O–H groups in total. The average molecular weight is 263 g/mol. The molecule has 2 atom stereocenters. The molecule has 1 aromatic heterocycles. The summed E-state index contributed by atoms with van der Waals surface area (Å²) in [5.41, 5.74) is 9.32. The lowest BCUT2D eigenvalue weighted by atomic mass is 9.99. The highest BCUT2D eigenvalue weighted by Gasteiger charge is 2.19. The Hall–Kier alpha value is -1.46. The van der Waals surface area contributed by atoms with E-state index in [1.165, 1.54) is 0 Å². The van der Waals surface area contributed by atoms with E-state index in [1.807, 2.05) is 32.0 Å². The zero-order valence-electron chi connectivity index (χ0n) is 10.5. The van der Waals surface area contributed by atoms with Gasteiger partial charge in [0.05, 0.1) is 21.8 Å². The topological polar surface area (TPSA) is 68.0 Å². The predicted octanol–water partition coefficient (Wildman–Crippen LogP) is 2.61. The first-order chi connectivity index (χ1) is 8.61. The van der Waals surface area contributed by atoms with Gasteiger partial charge in [-0.15, -0.1) is 11.3 Å². The molecule has 0 saturated carbocycles. The smallest absolute Gasteiger partial charge is 0.241 e. The van der Waals surface area contributed by atoms with Crippen molar-refractivity contribution < 1.29 is 4.79 Å². The number of aromatic nitrogens is 1. The summed E-state index contributed by atoms with van der Waals surface area (Å²) < 4.78 is 1.11. The van der Waals surface area contributed by atoms with Gasteiger partial charge < -0.3 is 11.1 Å². The molecule has 1 heterocycles. The zero-order chi connectivity index (χ0) is 13.1. The normalized spacial score (nSPS) is 14.4. The SMILES string of the molecule is CCC(C)C(N)C(=O)Nc1ccc2scnc2c1. The number of anilines is 1. The number of hydrogen-bond donors (Lipinski definition) is 2. The number of rotatable bonds is 4. The summed E-state index contributed by atoms with van der Waals surface area (Å²) in [4.78, 5) is 16.2. The second-order valence-corrected chi connectivity index (χ2v) is 5.32. The summed E-state index contributed by atoms with van der Waals surface area (Å²) >= 11 is 1.58. The minimum Gasteiger partial charge on any atom is -0.325 e. The highest BCUT2D eigenvalue weighted by atomic mass is 32.1. The first kappa shape index (κ1) is 13.0. The van der Waals surface area contributed by atoms with Crippen molar-refractivity contribution >= 4 is 33.1 Å². The Balaban J connectivity index is 2.10. The molecule has 96 valence electrons. The first-order valence-electron chi connectivity index (χ1n) is 6.01. The van der Waals surface area contributed by atoms with Gasteiger partial charge in [0.2, 0.25) is 5.91 Å². The summed E-state index contributed by atoms with van der Waals surface area (Å²) in [6.07, 6.45) is 0.889. The van der Waals surface area contributed by atoms with Gasteiger partial charge in [-0.3, -0.25) is 4.79 Å². The molecule has 2 unspecified atom stereocenters. The van der Waals surface area contributed by atoms with E-state index in [-0.39, 0.29) is 11.8 Å². The van der Waals surface area contributed by atoms with Gasteiger partial charge in [0.15, 0.2) is 0 Å². The number of carbonyl (C=O) groups excluding carboxylic acids is 1. The lowest BCUT2D eigenvalue weighted by Gasteiger charge is -2.17. The summed E-state index contributed by atoms with van der Waals surface area (Å²) in [7, 11) is 0. The Kier molecular flexibility index (Phi) is 3.93. The van der Waals surface area contributed by atoms with Crippen LogP contribution in [0.1, 0.15) is 20.3 Å². The van der Waals surface area contributed by atoms with Crippen LogP contribution in [0, 0.1) is 5.92 Å². The standard InChI is InChI=1S/C13H17N3OS/c1-3-8(2)12(14)13(17)16-9-4-5-11-10(6-9)15-7-18-11/h4-8,12H,3,14H2,1-2H3,(H,16,17). The summed E-state index contributed by atoms with van der Waals surface area (Å²) in [6, 6.07) is 5.23. The molecule has 5 heteroatoms. The molecule has 0 aliphatic carbocycles. The maximum atomic E-state index is 11.9. The lowest BCUT2D eigenvalue weighted by Crippen LogP contribution is -2.40. The van der Waals surface area contributed by atoms with Crippen molar-refractivity contribution in [3.63, 3.8) is 0 Å². The molecule has 0 aliphatic heterocycles. The van der Waals surface area contributed by atoms with Crippen molar-refractivity contribution in [1.29, 1.82) is 0 Å². The molecule has 18 heavy (non-hydrogen) atoms. The van der Waals surface area contributed by atoms with Crippen molar-refractivity contribution in [3.8, 4) is 0 Å². The minimum absolute atomic E-state index is 0.140. The predicted molar refractivity (Wildman–Crippen MR) is 75.7 cm³/mol. The van der Waals surface area contributed by atoms with Crippen LogP contribution in [0.15, 0.2) is 23.7 Å². The van der Waals surface area contributed by atoms with E-state index in [0.717, 1.165) is 22.3 Å². The largest absolute Gasteiger partial charge is 0.325 e. The van der Waals surface area contributed by atoms with Crippen molar-refractivity contribution in [2.45, 2.75) is 26.3 Å². The Morgan fingerprint density at radius 3 is 3.06 bits per heavy atom. The van der Waals surface area contributed by atoms with Crippen molar-refractivity contribution in [1.82, 2.24) is 4.98 Å². The van der Waals surface area contributed by atoms with Crippen molar-refractivity contribution in [2.75, 3.05) is 5.32 Å². The Bertz CT molecular complexity index is 552. The van der Waals surface area contributed by atoms with E-state index < -0.39 is 6.04 Å². The monoisotopic (exact) mass is 263 g/mol. The highest BCUT2D eigenvalue weighted by molar-refractivity contribution is 7.16. The molecule has 2 aromatic rings. The molecule has 0 saturated heterocycles. The number of nitrogens with one attached hydrogen (secondary N) is 1. The molecule has 0 bridgehead atoms. The maximum absolute atomic E-state index is 11.9. The third-order valence-corrected chi connectivity index (χ3v) is 3.97. The van der Waals surface area contributed by atoms with Gasteiger partial charge in [0, 0.05) is 5.69 Å². The van der Waals surface area contributed by atoms with Gasteiger partial charge in [-0.05, 0) is 24.1 Å². The summed E-state index contributed by atoms with van der Waals surface area (Å²) in [5, 5.41) is 2.84. The second-order valence-electron chi connectivity index (χ2n) is 4.44. The third kappa shape index (κ3) is 2.68. The quantitative estimate of drug-likeness (QED) is 0.891. The van der Waals surface area contributed by atoms with Crippen LogP contribution in [-0.2, 0) is 4.79 Å². The number of nitrogens with zero attached hydrogens (tertiary/aromatic N) is 1. The van der Waals surface area contributed by atoms with Gasteiger partial charge in [0.25, 0.3) is 0 Å². The third-order valence-electron chi connectivity index (χ3n) is 3.16. The van der Waals surface area contributed by atoms with Crippen LogP contribution in [0.5, 0.6) is 0 Å². The average Bonchev–Trinajstić information content (AvgIpc) is 2.84. The van der Waals surface area contributed by atoms with Crippen LogP contribution in [0.4, 0.5) is 5.69 Å². The Morgan fingerprint density at radius 2 is 2.33 bits per heavy atom. The van der Waals surface area contributed by atoms with E-state index in [0.29, 0.717) is 0 Å². The molecule has 1 aromatic carbocycles. The number of thiazole rings is 1. The fourth-order valence-corrected chi connectivity index (χ4v) is 2.33. The Labute approximate surface area is 110 Å². The van der Waals surface area contributed by atoms with Gasteiger partial charge in [-0.1, -0.05) is 20.3 Å². The van der Waals surface area contributed by atoms with Gasteiger partial charge >= 0.3 is 0 Å². The fraction of sp³-hybridized carbons (Fsp3) is 0.385. The second kappa shape index (κ2) is 5.46. The van der Waals surface area contributed by atoms with Crippen molar-refractivity contribution in [3.05, 3.63) is 23.7 Å². The van der Waals surface area contributed by atoms with Crippen molar-refractivity contribution in [2.24, 2.45) is 11.7 Å². The fourth-order valence-electron chi connectivity index (χ4n) is 1.67. The molecule has 0 spiro atoms. The highest BCUT2D eigenvalue weighted by Crippen LogP contribution is 2.21. The molecule has 0 fully saturated rings. The van der Waals surface area contributed by atoms with E-state index in [1.54, 1.807) is 16.8 Å². The van der Waals surface area contributed by atoms with Gasteiger partial charge in [-0.25, -0.2) is 4.98 Å². The lowest BCUT2D eigenvalue weighted by molar-refractivity contribution is -0.118. The van der Waals surface area contributed by atoms with Crippen LogP contribution >= 0.6 is 11.3 Å². The molecule has 2 rings (SSSR count). The number of hydrogen-bond acceptors (Lipinski definition) is 4. The van der Waals surface area contributed by atoms with Crippen LogP contribution in [-0.4, -0.2) is 16.9 Å². The number of nitrogens with two attached hydrogens (primary N) is 1. The van der Waals surface area contributed by atoms with E-state index in [2.05, 4.69) is 10.3 Å². The number of fused-ring (bicyclic) bond motifs is 1. The van der Waals surface area contributed by atoms with Gasteiger partial charge in [0.1, 0.15) is 0 Å². The molecule has 1 amide bonds. The van der Waals surface area contributed by atoms with Crippen LogP contribution < -0.4 is 11.1 Å². The van der Waals surface area contributed by atoms with E-state index >= 15 is 0 Å². The summed E-state index contributed by atoms with van der Waals surface area (Å²) in [6.45, 7) is 4.01. The molecule has 4 nitrogen and oxygen atoms in total. The molecule has 0 aliphatic rings. The first-order valence-corrected chi connectivity index (χ1v) is 6.89. The van der Waals surface area contributed by atoms with Crippen LogP contribution in [0.3, 0.4) is 0 Å². The maximum Gasteiger partial charge on any atom is 0.241 e. The summed E-state index contributed by atoms with van der Waals surface area (Å²) in [5.74, 6) is 0.0342. The molecule has 0 radical (unpaired) electrons. The van der Waals surface area contributed by atoms with Crippen LogP contribution in [0.25, 0.3) is 10.2 Å². The van der Waals surface area contributed by atoms with E-state index in [9.17, 15) is 4.79 Å². The van der Waals surface area contributed by atoms with Crippen LogP contribution in [0.2, 0.25) is 0 Å². The zero-order valence-corrected chi connectivity index (χ0v) is 11.3. The van der Waals surface area contributed by atoms with Gasteiger partial charge in [-0.2, -0.15) is 0 Å². The number of benzene rings is 1. The Morgan fingerprint density at radius 1 is 1.56 bits per heavy atom. The minimum atomic E-state index is -0.471. The number of amides is 1. The molecular weight excluding hydrogens is 246 g/mol. The van der Waals surface area contributed by atoms with E-state index in [4.69, 9.17) is 5.73 Å².